The minimum absolute atomic E-state index is 0.00743. The summed E-state index contributed by atoms with van der Waals surface area (Å²) in [5, 5.41) is 7.31. The third-order valence-electron chi connectivity index (χ3n) is 5.91. The van der Waals surface area contributed by atoms with E-state index in [1.165, 1.54) is 30.5 Å². The van der Waals surface area contributed by atoms with E-state index in [1.807, 2.05) is 6.92 Å². The molecular formula is C20H23N5O5S2. The number of hydrogen-bond donors (Lipinski definition) is 3. The fourth-order valence-electron chi connectivity index (χ4n) is 4.15. The summed E-state index contributed by atoms with van der Waals surface area (Å²) < 4.78 is 27.1. The van der Waals surface area contributed by atoms with E-state index < -0.39 is 34.0 Å². The molecule has 1 aliphatic heterocycles. The Balaban J connectivity index is 1.39. The minimum atomic E-state index is -3.80. The molecule has 2 aliphatic rings. The molecule has 1 aromatic heterocycles. The molecule has 2 heterocycles. The van der Waals surface area contributed by atoms with E-state index in [9.17, 15) is 22.8 Å². The average molecular weight is 478 g/mol. The predicted molar refractivity (Wildman–Crippen MR) is 119 cm³/mol. The molecule has 32 heavy (non-hydrogen) atoms. The van der Waals surface area contributed by atoms with E-state index in [0.29, 0.717) is 12.1 Å². The van der Waals surface area contributed by atoms with Gasteiger partial charge in [0.1, 0.15) is 12.1 Å². The summed E-state index contributed by atoms with van der Waals surface area (Å²) in [5.41, 5.74) is -0.577. The van der Waals surface area contributed by atoms with Gasteiger partial charge >= 0.3 is 6.03 Å². The first kappa shape index (κ1) is 22.2. The highest BCUT2D eigenvalue weighted by atomic mass is 32.2. The summed E-state index contributed by atoms with van der Waals surface area (Å²) in [6, 6.07) is 5.00. The first-order valence-electron chi connectivity index (χ1n) is 10.2. The van der Waals surface area contributed by atoms with Crippen molar-refractivity contribution in [2.24, 2.45) is 5.92 Å². The van der Waals surface area contributed by atoms with E-state index in [2.05, 4.69) is 20.3 Å². The van der Waals surface area contributed by atoms with Crippen molar-refractivity contribution in [1.29, 1.82) is 0 Å². The van der Waals surface area contributed by atoms with E-state index in [-0.39, 0.29) is 21.9 Å². The number of sulfonamides is 1. The van der Waals surface area contributed by atoms with Crippen LogP contribution < -0.4 is 15.4 Å². The van der Waals surface area contributed by atoms with Gasteiger partial charge in [0.2, 0.25) is 5.91 Å². The largest absolute Gasteiger partial charge is 0.325 e. The number of thiazole rings is 1. The maximum Gasteiger partial charge on any atom is 0.325 e. The molecule has 0 radical (unpaired) electrons. The standard InChI is InChI=1S/C20H23N5O5S2/c1-13-4-2-3-9-20(13)17(27)25(19(28)23-20)12-16(26)22-14-5-7-15(8-6-14)32(29,30)24-18-21-10-11-31-18/h5-8,10-11,13H,2-4,9,12H2,1H3,(H,21,24)(H,22,26)(H,23,28)/t13-,20+/m1/s1. The number of imide groups is 1. The van der Waals surface area contributed by atoms with Crippen LogP contribution in [0.2, 0.25) is 0 Å². The number of rotatable bonds is 6. The third-order valence-corrected chi connectivity index (χ3v) is 8.08. The summed E-state index contributed by atoms with van der Waals surface area (Å²) >= 11 is 1.16. The second-order valence-corrected chi connectivity index (χ2v) is 10.5. The maximum absolute atomic E-state index is 13.0. The molecule has 1 saturated heterocycles. The lowest BCUT2D eigenvalue weighted by molar-refractivity contribution is -0.136. The second-order valence-electron chi connectivity index (χ2n) is 7.95. The van der Waals surface area contributed by atoms with Gasteiger partial charge in [-0.1, -0.05) is 19.8 Å². The fourth-order valence-corrected chi connectivity index (χ4v) is 5.94. The number of nitrogens with zero attached hydrogens (tertiary/aromatic N) is 2. The molecule has 1 saturated carbocycles. The Bertz CT molecular complexity index is 1130. The van der Waals surface area contributed by atoms with Crippen molar-refractivity contribution < 1.29 is 22.8 Å². The predicted octanol–water partition coefficient (Wildman–Crippen LogP) is 2.38. The number of carbonyl (C=O) groups excluding carboxylic acids is 3. The molecule has 0 unspecified atom stereocenters. The quantitative estimate of drug-likeness (QED) is 0.546. The van der Waals surface area contributed by atoms with Crippen LogP contribution in [-0.4, -0.2) is 48.2 Å². The lowest BCUT2D eigenvalue weighted by Gasteiger charge is -2.36. The van der Waals surface area contributed by atoms with Gasteiger partial charge in [0.25, 0.3) is 15.9 Å². The van der Waals surface area contributed by atoms with Crippen LogP contribution in [0.1, 0.15) is 32.6 Å². The Kier molecular flexibility index (Phi) is 5.91. The molecule has 12 heteroatoms. The Morgan fingerprint density at radius 2 is 2.03 bits per heavy atom. The molecule has 4 amide bonds. The molecule has 0 bridgehead atoms. The summed E-state index contributed by atoms with van der Waals surface area (Å²) in [6.07, 6.45) is 4.77. The van der Waals surface area contributed by atoms with E-state index in [1.54, 1.807) is 5.38 Å². The molecule has 3 N–H and O–H groups in total. The van der Waals surface area contributed by atoms with E-state index in [0.717, 1.165) is 35.5 Å². The van der Waals surface area contributed by atoms with E-state index >= 15 is 0 Å². The summed E-state index contributed by atoms with van der Waals surface area (Å²) in [4.78, 5) is 42.7. The van der Waals surface area contributed by atoms with Gasteiger partial charge in [0, 0.05) is 17.3 Å². The number of hydrogen-bond acceptors (Lipinski definition) is 7. The summed E-state index contributed by atoms with van der Waals surface area (Å²) in [6.45, 7) is 1.53. The first-order valence-corrected chi connectivity index (χ1v) is 12.5. The van der Waals surface area contributed by atoms with Crippen molar-refractivity contribution >= 4 is 50.0 Å². The van der Waals surface area contributed by atoms with Crippen molar-refractivity contribution in [2.75, 3.05) is 16.6 Å². The van der Waals surface area contributed by atoms with Crippen LogP contribution in [0.3, 0.4) is 0 Å². The maximum atomic E-state index is 13.0. The number of nitrogens with one attached hydrogen (secondary N) is 3. The van der Waals surface area contributed by atoms with Crippen LogP contribution in [-0.2, 0) is 19.6 Å². The average Bonchev–Trinajstić information content (AvgIpc) is 3.33. The number of anilines is 2. The molecule has 10 nitrogen and oxygen atoms in total. The van der Waals surface area contributed by atoms with E-state index in [4.69, 9.17) is 0 Å². The first-order chi connectivity index (χ1) is 15.2. The van der Waals surface area contributed by atoms with Gasteiger partial charge < -0.3 is 10.6 Å². The van der Waals surface area contributed by atoms with Crippen molar-refractivity contribution in [3.63, 3.8) is 0 Å². The monoisotopic (exact) mass is 477 g/mol. The van der Waals surface area contributed by atoms with Crippen LogP contribution in [0, 0.1) is 5.92 Å². The Hall–Kier alpha value is -2.99. The Morgan fingerprint density at radius 1 is 1.28 bits per heavy atom. The molecule has 4 rings (SSSR count). The van der Waals surface area contributed by atoms with Gasteiger partial charge in [-0.3, -0.25) is 19.2 Å². The van der Waals surface area contributed by atoms with Crippen LogP contribution in [0.25, 0.3) is 0 Å². The van der Waals surface area contributed by atoms with Gasteiger partial charge in [0.05, 0.1) is 4.90 Å². The minimum Gasteiger partial charge on any atom is -0.325 e. The van der Waals surface area contributed by atoms with Gasteiger partial charge in [-0.25, -0.2) is 18.2 Å². The smallest absolute Gasteiger partial charge is 0.325 e. The SMILES string of the molecule is C[C@@H]1CCCC[C@]12NC(=O)N(CC(=O)Nc1ccc(S(=O)(=O)Nc3nccs3)cc1)C2=O. The highest BCUT2D eigenvalue weighted by Crippen LogP contribution is 2.38. The third kappa shape index (κ3) is 4.19. The van der Waals surface area contributed by atoms with Crippen LogP contribution in [0.4, 0.5) is 15.6 Å². The molecule has 2 atom stereocenters. The normalized spacial score (nSPS) is 23.3. The van der Waals surface area contributed by atoms with Crippen LogP contribution in [0.15, 0.2) is 40.7 Å². The molecule has 170 valence electrons. The van der Waals surface area contributed by atoms with Crippen molar-refractivity contribution in [3.8, 4) is 0 Å². The number of aromatic nitrogens is 1. The number of urea groups is 1. The van der Waals surface area contributed by atoms with Crippen molar-refractivity contribution in [3.05, 3.63) is 35.8 Å². The van der Waals surface area contributed by atoms with Crippen molar-refractivity contribution in [2.45, 2.75) is 43.0 Å². The van der Waals surface area contributed by atoms with Gasteiger partial charge in [-0.05, 0) is 43.0 Å². The van der Waals surface area contributed by atoms with Gasteiger partial charge in [-0.15, -0.1) is 11.3 Å². The summed E-state index contributed by atoms with van der Waals surface area (Å²) in [7, 11) is -3.80. The molecule has 1 aromatic carbocycles. The molecular weight excluding hydrogens is 454 g/mol. The molecule has 2 aromatic rings. The number of benzene rings is 1. The second kappa shape index (κ2) is 8.51. The number of carbonyl (C=O) groups is 3. The molecule has 1 spiro atoms. The number of amides is 4. The zero-order valence-corrected chi connectivity index (χ0v) is 19.0. The highest BCUT2D eigenvalue weighted by Gasteiger charge is 2.55. The van der Waals surface area contributed by atoms with Crippen molar-refractivity contribution in [1.82, 2.24) is 15.2 Å². The Labute approximate surface area is 189 Å². The lowest BCUT2D eigenvalue weighted by Crippen LogP contribution is -2.54. The zero-order chi connectivity index (χ0) is 22.9. The summed E-state index contributed by atoms with van der Waals surface area (Å²) in [5.74, 6) is -0.904. The van der Waals surface area contributed by atoms with Crippen LogP contribution >= 0.6 is 11.3 Å². The van der Waals surface area contributed by atoms with Gasteiger partial charge in [-0.2, -0.15) is 0 Å². The highest BCUT2D eigenvalue weighted by molar-refractivity contribution is 7.93. The zero-order valence-electron chi connectivity index (χ0n) is 17.3. The Morgan fingerprint density at radius 3 is 2.69 bits per heavy atom. The van der Waals surface area contributed by atoms with Gasteiger partial charge in [0.15, 0.2) is 5.13 Å². The fraction of sp³-hybridized carbons (Fsp3) is 0.400. The molecule has 2 fully saturated rings. The lowest BCUT2D eigenvalue weighted by atomic mass is 9.73. The van der Waals surface area contributed by atoms with Crippen LogP contribution in [0.5, 0.6) is 0 Å². The topological polar surface area (TPSA) is 138 Å². The molecule has 1 aliphatic carbocycles.